The maximum absolute atomic E-state index is 13.6. The van der Waals surface area contributed by atoms with Crippen LogP contribution in [-0.4, -0.2) is 27.7 Å². The van der Waals surface area contributed by atoms with Crippen LogP contribution in [0, 0.1) is 24.5 Å². The van der Waals surface area contributed by atoms with Gasteiger partial charge in [-0.1, -0.05) is 0 Å². The maximum Gasteiger partial charge on any atom is 0.293 e. The smallest absolute Gasteiger partial charge is 0.293 e. The third-order valence-electron chi connectivity index (χ3n) is 6.94. The van der Waals surface area contributed by atoms with Gasteiger partial charge in [-0.15, -0.1) is 0 Å². The molecule has 0 radical (unpaired) electrons. The molecule has 0 spiro atoms. The molecular weight excluding hydrogens is 446 g/mol. The molecule has 2 saturated carbocycles. The van der Waals surface area contributed by atoms with E-state index in [0.29, 0.717) is 42.1 Å². The number of Topliss-reactive ketones (excluding diaryl/α,β-unsaturated/α-hetero) is 1. The summed E-state index contributed by atoms with van der Waals surface area (Å²) in [5.41, 5.74) is 9.36. The lowest BCUT2D eigenvalue weighted by atomic mass is 10.0. The van der Waals surface area contributed by atoms with Crippen LogP contribution in [0.5, 0.6) is 0 Å². The van der Waals surface area contributed by atoms with Crippen LogP contribution < -0.4 is 27.6 Å². The molecule has 5 rings (SSSR count). The second-order valence-corrected chi connectivity index (χ2v) is 9.15. The Balaban J connectivity index is 1.45. The van der Waals surface area contributed by atoms with Gasteiger partial charge in [-0.3, -0.25) is 20.2 Å². The molecule has 1 aliphatic heterocycles. The molecule has 2 aromatic rings. The Morgan fingerprint density at radius 2 is 1.94 bits per heavy atom. The molecule has 1 aromatic heterocycles. The van der Waals surface area contributed by atoms with Crippen molar-refractivity contribution >= 4 is 23.3 Å². The van der Waals surface area contributed by atoms with Gasteiger partial charge >= 0.3 is 0 Å². The summed E-state index contributed by atoms with van der Waals surface area (Å²) >= 11 is 0. The molecular formula is C23H24F2N6O3. The minimum Gasteiger partial charge on any atom is -0.399 e. The standard InChI is InChI=1S/C23H24F2N6O3/c1-10-18(20(32)22(34)30-23(4-5-23)17(26)9-28-27)16-7-11-6-15(11)31(16)19(10)21(33)29-12-2-3-13(24)14(25)8-12/h2-3,8-9,11,15,28H,4-7,26-27H2,1H3,(H,29,33)(H,30,34)/b17-9-. The van der Waals surface area contributed by atoms with E-state index in [-0.39, 0.29) is 23.0 Å². The van der Waals surface area contributed by atoms with Gasteiger partial charge in [0.05, 0.1) is 16.8 Å². The molecule has 2 heterocycles. The summed E-state index contributed by atoms with van der Waals surface area (Å²) in [6, 6.07) is 3.14. The van der Waals surface area contributed by atoms with Crippen LogP contribution in [0.15, 0.2) is 30.1 Å². The Bertz CT molecular complexity index is 1280. The van der Waals surface area contributed by atoms with Crippen LogP contribution in [0.25, 0.3) is 0 Å². The second-order valence-electron chi connectivity index (χ2n) is 9.15. The maximum atomic E-state index is 13.6. The van der Waals surface area contributed by atoms with Crippen LogP contribution in [0.1, 0.15) is 57.4 Å². The highest BCUT2D eigenvalue weighted by Crippen LogP contribution is 2.54. The van der Waals surface area contributed by atoms with Crippen molar-refractivity contribution < 1.29 is 23.2 Å². The SMILES string of the molecule is Cc1c(C(=O)C(=O)NC2(/C(N)=C/NN)CC2)c2n(c1C(=O)Nc1ccc(F)c(F)c1)C1CC1C2. The van der Waals surface area contributed by atoms with Crippen molar-refractivity contribution in [3.05, 3.63) is 64.2 Å². The summed E-state index contributed by atoms with van der Waals surface area (Å²) < 4.78 is 28.7. The number of hydrogen-bond acceptors (Lipinski definition) is 6. The highest BCUT2D eigenvalue weighted by Gasteiger charge is 2.51. The first kappa shape index (κ1) is 22.1. The number of fused-ring (bicyclic) bond motifs is 3. The average molecular weight is 470 g/mol. The van der Waals surface area contributed by atoms with E-state index in [4.69, 9.17) is 11.6 Å². The molecule has 1 aromatic carbocycles. The topological polar surface area (TPSA) is 144 Å². The third kappa shape index (κ3) is 3.43. The summed E-state index contributed by atoms with van der Waals surface area (Å²) in [6.45, 7) is 1.61. The monoisotopic (exact) mass is 470 g/mol. The summed E-state index contributed by atoms with van der Waals surface area (Å²) in [5.74, 6) is 1.36. The van der Waals surface area contributed by atoms with Gasteiger partial charge in [0.15, 0.2) is 11.6 Å². The minimum absolute atomic E-state index is 0.0768. The highest BCUT2D eigenvalue weighted by molar-refractivity contribution is 6.44. The number of hydrazine groups is 1. The van der Waals surface area contributed by atoms with E-state index in [2.05, 4.69) is 16.1 Å². The second kappa shape index (κ2) is 7.66. The highest BCUT2D eigenvalue weighted by atomic mass is 19.2. The molecule has 9 nitrogen and oxygen atoms in total. The Labute approximate surface area is 193 Å². The van der Waals surface area contributed by atoms with Crippen molar-refractivity contribution in [2.24, 2.45) is 17.5 Å². The van der Waals surface area contributed by atoms with Crippen LogP contribution in [-0.2, 0) is 11.2 Å². The van der Waals surface area contributed by atoms with Crippen LogP contribution >= 0.6 is 0 Å². The normalized spacial score (nSPS) is 21.4. The van der Waals surface area contributed by atoms with Crippen molar-refractivity contribution in [3.8, 4) is 0 Å². The summed E-state index contributed by atoms with van der Waals surface area (Å²) in [4.78, 5) is 39.3. The Hall–Kier alpha value is -3.73. The number of carbonyl (C=O) groups excluding carboxylic acids is 3. The van der Waals surface area contributed by atoms with Gasteiger partial charge < -0.3 is 26.4 Å². The van der Waals surface area contributed by atoms with Gasteiger partial charge in [0.25, 0.3) is 17.6 Å². The molecule has 0 saturated heterocycles. The van der Waals surface area contributed by atoms with Crippen molar-refractivity contribution in [1.82, 2.24) is 15.3 Å². The summed E-state index contributed by atoms with van der Waals surface area (Å²) in [7, 11) is 0. The number of nitrogens with zero attached hydrogens (tertiary/aromatic N) is 1. The van der Waals surface area contributed by atoms with Crippen molar-refractivity contribution in [2.75, 3.05) is 5.32 Å². The largest absolute Gasteiger partial charge is 0.399 e. The van der Waals surface area contributed by atoms with Gasteiger partial charge in [-0.05, 0) is 56.2 Å². The average Bonchev–Trinajstić information content (AvgIpc) is 3.68. The number of carbonyl (C=O) groups is 3. The first-order chi connectivity index (χ1) is 16.2. The molecule has 2 amide bonds. The fraction of sp³-hybridized carbons (Fsp3) is 0.348. The lowest BCUT2D eigenvalue weighted by Crippen LogP contribution is -2.45. The zero-order valence-electron chi connectivity index (χ0n) is 18.4. The number of hydrogen-bond donors (Lipinski definition) is 5. The van der Waals surface area contributed by atoms with E-state index in [0.717, 1.165) is 18.6 Å². The molecule has 2 aliphatic carbocycles. The third-order valence-corrected chi connectivity index (χ3v) is 6.94. The van der Waals surface area contributed by atoms with Crippen LogP contribution in [0.3, 0.4) is 0 Å². The van der Waals surface area contributed by atoms with Crippen LogP contribution in [0.4, 0.5) is 14.5 Å². The van der Waals surface area contributed by atoms with Gasteiger partial charge in [0.2, 0.25) is 0 Å². The quantitative estimate of drug-likeness (QED) is 0.180. The van der Waals surface area contributed by atoms with E-state index in [1.54, 1.807) is 6.92 Å². The number of nitrogens with one attached hydrogen (secondary N) is 3. The van der Waals surface area contributed by atoms with Gasteiger partial charge in [0.1, 0.15) is 5.69 Å². The number of halogens is 2. The minimum atomic E-state index is -1.09. The molecule has 34 heavy (non-hydrogen) atoms. The van der Waals surface area contributed by atoms with E-state index < -0.39 is 34.8 Å². The molecule has 178 valence electrons. The molecule has 2 fully saturated rings. The Morgan fingerprint density at radius 3 is 2.59 bits per heavy atom. The van der Waals surface area contributed by atoms with E-state index in [1.165, 1.54) is 12.3 Å². The Kier molecular flexibility index (Phi) is 4.97. The lowest BCUT2D eigenvalue weighted by molar-refractivity contribution is -0.117. The number of amides is 2. The predicted octanol–water partition coefficient (Wildman–Crippen LogP) is 1.54. The molecule has 7 N–H and O–H groups in total. The van der Waals surface area contributed by atoms with Crippen molar-refractivity contribution in [1.29, 1.82) is 0 Å². The van der Waals surface area contributed by atoms with E-state index in [1.807, 2.05) is 4.57 Å². The van der Waals surface area contributed by atoms with Crippen molar-refractivity contribution in [3.63, 3.8) is 0 Å². The van der Waals surface area contributed by atoms with Gasteiger partial charge in [-0.2, -0.15) is 0 Å². The molecule has 0 bridgehead atoms. The zero-order chi connectivity index (χ0) is 24.4. The number of anilines is 1. The number of benzene rings is 1. The molecule has 2 unspecified atom stereocenters. The summed E-state index contributed by atoms with van der Waals surface area (Å²) in [5, 5.41) is 5.29. The lowest BCUT2D eigenvalue weighted by Gasteiger charge is -2.17. The van der Waals surface area contributed by atoms with E-state index in [9.17, 15) is 23.2 Å². The number of nitrogens with two attached hydrogens (primary N) is 2. The van der Waals surface area contributed by atoms with Crippen LogP contribution in [0.2, 0.25) is 0 Å². The number of aromatic nitrogens is 1. The fourth-order valence-electron chi connectivity index (χ4n) is 4.92. The predicted molar refractivity (Wildman–Crippen MR) is 118 cm³/mol. The molecule has 2 atom stereocenters. The zero-order valence-corrected chi connectivity index (χ0v) is 18.4. The van der Waals surface area contributed by atoms with Gasteiger partial charge in [-0.25, -0.2) is 8.78 Å². The Morgan fingerprint density at radius 1 is 1.21 bits per heavy atom. The van der Waals surface area contributed by atoms with E-state index >= 15 is 0 Å². The fourth-order valence-corrected chi connectivity index (χ4v) is 4.92. The molecule has 3 aliphatic rings. The van der Waals surface area contributed by atoms with Gasteiger partial charge in [0, 0.05) is 29.7 Å². The number of rotatable bonds is 7. The van der Waals surface area contributed by atoms with Crippen molar-refractivity contribution in [2.45, 2.75) is 44.2 Å². The summed E-state index contributed by atoms with van der Waals surface area (Å²) in [6.07, 6.45) is 3.99. The first-order valence-corrected chi connectivity index (χ1v) is 11.0. The number of ketones is 1. The first-order valence-electron chi connectivity index (χ1n) is 11.0. The molecule has 11 heteroatoms.